The van der Waals surface area contributed by atoms with Crippen molar-refractivity contribution in [3.63, 3.8) is 0 Å². The number of primary amides is 1. The lowest BCUT2D eigenvalue weighted by atomic mass is 10.0. The summed E-state index contributed by atoms with van der Waals surface area (Å²) in [6, 6.07) is 11.1. The Morgan fingerprint density at radius 3 is 2.73 bits per heavy atom. The van der Waals surface area contributed by atoms with Gasteiger partial charge in [0.1, 0.15) is 5.69 Å². The second kappa shape index (κ2) is 8.14. The van der Waals surface area contributed by atoms with Crippen LogP contribution in [-0.2, 0) is 0 Å². The van der Waals surface area contributed by atoms with Gasteiger partial charge >= 0.3 is 0 Å². The van der Waals surface area contributed by atoms with Crippen LogP contribution in [0.3, 0.4) is 0 Å². The zero-order valence-corrected chi connectivity index (χ0v) is 15.0. The molecule has 1 unspecified atom stereocenters. The van der Waals surface area contributed by atoms with E-state index in [1.54, 1.807) is 12.1 Å². The third kappa shape index (κ3) is 4.11. The van der Waals surface area contributed by atoms with Crippen molar-refractivity contribution in [2.75, 3.05) is 19.6 Å². The first-order chi connectivity index (χ1) is 12.6. The van der Waals surface area contributed by atoms with E-state index in [0.29, 0.717) is 18.3 Å². The van der Waals surface area contributed by atoms with Gasteiger partial charge in [-0.1, -0.05) is 24.6 Å². The zero-order chi connectivity index (χ0) is 18.5. The third-order valence-electron chi connectivity index (χ3n) is 4.82. The van der Waals surface area contributed by atoms with Crippen molar-refractivity contribution in [2.24, 2.45) is 5.73 Å². The number of amides is 2. The molecule has 1 aromatic heterocycles. The van der Waals surface area contributed by atoms with Crippen LogP contribution in [-0.4, -0.2) is 52.2 Å². The number of nitrogens with two attached hydrogens (primary N) is 1. The molecular formula is C19H25N5O2. The average molecular weight is 355 g/mol. The van der Waals surface area contributed by atoms with Gasteiger partial charge in [-0.05, 0) is 38.4 Å². The van der Waals surface area contributed by atoms with Crippen molar-refractivity contribution < 1.29 is 9.59 Å². The van der Waals surface area contributed by atoms with Gasteiger partial charge in [-0.15, -0.1) is 0 Å². The second-order valence-electron chi connectivity index (χ2n) is 6.66. The quantitative estimate of drug-likeness (QED) is 0.823. The van der Waals surface area contributed by atoms with Crippen LogP contribution in [0.5, 0.6) is 0 Å². The van der Waals surface area contributed by atoms with Gasteiger partial charge in [0.05, 0.1) is 5.69 Å². The first-order valence-electron chi connectivity index (χ1n) is 9.04. The van der Waals surface area contributed by atoms with Crippen LogP contribution in [0.25, 0.3) is 5.69 Å². The summed E-state index contributed by atoms with van der Waals surface area (Å²) in [5.41, 5.74) is 6.50. The topological polar surface area (TPSA) is 93.3 Å². The smallest absolute Gasteiger partial charge is 0.271 e. The standard InChI is InChI=1S/C19H25N5O2/c1-14-7-5-6-11-23(14)12-10-21-19(26)16-13-17(18(20)25)24(22-16)15-8-3-2-4-9-15/h2-4,8-9,13-14H,5-7,10-12H2,1H3,(H2,20,25)(H,21,26). The van der Waals surface area contributed by atoms with E-state index in [1.165, 1.54) is 30.0 Å². The summed E-state index contributed by atoms with van der Waals surface area (Å²) < 4.78 is 1.41. The molecule has 0 saturated carbocycles. The number of carbonyl (C=O) groups excluding carboxylic acids is 2. The molecule has 0 spiro atoms. The highest BCUT2D eigenvalue weighted by Gasteiger charge is 2.20. The Morgan fingerprint density at radius 2 is 2.04 bits per heavy atom. The molecule has 1 atom stereocenters. The highest BCUT2D eigenvalue weighted by molar-refractivity contribution is 5.97. The number of piperidine rings is 1. The Kier molecular flexibility index (Phi) is 5.68. The number of likely N-dealkylation sites (tertiary alicyclic amines) is 1. The Balaban J connectivity index is 1.67. The second-order valence-corrected chi connectivity index (χ2v) is 6.66. The molecule has 0 bridgehead atoms. The number of para-hydroxylation sites is 1. The van der Waals surface area contributed by atoms with Crippen LogP contribution in [0.1, 0.15) is 47.2 Å². The van der Waals surface area contributed by atoms with Gasteiger partial charge in [0.25, 0.3) is 11.8 Å². The first kappa shape index (κ1) is 18.1. The van der Waals surface area contributed by atoms with Crippen molar-refractivity contribution >= 4 is 11.8 Å². The van der Waals surface area contributed by atoms with E-state index in [2.05, 4.69) is 22.2 Å². The molecule has 1 aromatic carbocycles. The molecule has 2 amide bonds. The van der Waals surface area contributed by atoms with E-state index in [0.717, 1.165) is 13.1 Å². The van der Waals surface area contributed by atoms with E-state index in [-0.39, 0.29) is 17.3 Å². The average Bonchev–Trinajstić information content (AvgIpc) is 3.10. The number of benzene rings is 1. The highest BCUT2D eigenvalue weighted by Crippen LogP contribution is 2.15. The molecule has 26 heavy (non-hydrogen) atoms. The van der Waals surface area contributed by atoms with Gasteiger partial charge < -0.3 is 11.1 Å². The summed E-state index contributed by atoms with van der Waals surface area (Å²) in [5.74, 6) is -0.922. The van der Waals surface area contributed by atoms with E-state index in [1.807, 2.05) is 18.2 Å². The maximum atomic E-state index is 12.4. The summed E-state index contributed by atoms with van der Waals surface area (Å²) in [4.78, 5) is 26.5. The number of nitrogens with zero attached hydrogens (tertiary/aromatic N) is 3. The molecule has 2 aromatic rings. The summed E-state index contributed by atoms with van der Waals surface area (Å²) in [6.45, 7) is 4.66. The summed E-state index contributed by atoms with van der Waals surface area (Å²) >= 11 is 0. The number of hydrogen-bond donors (Lipinski definition) is 2. The number of rotatable bonds is 6. The molecule has 138 valence electrons. The number of carbonyl (C=O) groups is 2. The Morgan fingerprint density at radius 1 is 1.27 bits per heavy atom. The minimum Gasteiger partial charge on any atom is -0.364 e. The van der Waals surface area contributed by atoms with Gasteiger partial charge in [-0.2, -0.15) is 5.10 Å². The third-order valence-corrected chi connectivity index (χ3v) is 4.82. The van der Waals surface area contributed by atoms with Crippen LogP contribution in [0, 0.1) is 0 Å². The van der Waals surface area contributed by atoms with Crippen molar-refractivity contribution in [3.8, 4) is 5.69 Å². The molecule has 1 fully saturated rings. The summed E-state index contributed by atoms with van der Waals surface area (Å²) in [6.07, 6.45) is 3.69. The first-order valence-corrected chi connectivity index (χ1v) is 9.04. The monoisotopic (exact) mass is 355 g/mol. The van der Waals surface area contributed by atoms with Crippen LogP contribution >= 0.6 is 0 Å². The fourth-order valence-corrected chi connectivity index (χ4v) is 3.33. The molecule has 0 aliphatic carbocycles. The predicted molar refractivity (Wildman–Crippen MR) is 99.3 cm³/mol. The fourth-order valence-electron chi connectivity index (χ4n) is 3.33. The Labute approximate surface area is 153 Å². The maximum Gasteiger partial charge on any atom is 0.271 e. The minimum atomic E-state index is -0.623. The molecule has 3 rings (SSSR count). The molecule has 0 radical (unpaired) electrons. The highest BCUT2D eigenvalue weighted by atomic mass is 16.2. The van der Waals surface area contributed by atoms with E-state index < -0.39 is 5.91 Å². The summed E-state index contributed by atoms with van der Waals surface area (Å²) in [7, 11) is 0. The van der Waals surface area contributed by atoms with Crippen LogP contribution < -0.4 is 11.1 Å². The fraction of sp³-hybridized carbons (Fsp3) is 0.421. The van der Waals surface area contributed by atoms with Crippen LogP contribution in [0.15, 0.2) is 36.4 Å². The molecule has 3 N–H and O–H groups in total. The van der Waals surface area contributed by atoms with E-state index in [9.17, 15) is 9.59 Å². The van der Waals surface area contributed by atoms with Crippen molar-refractivity contribution in [2.45, 2.75) is 32.2 Å². The molecule has 7 nitrogen and oxygen atoms in total. The van der Waals surface area contributed by atoms with Gasteiger partial charge in [0.15, 0.2) is 5.69 Å². The Bertz CT molecular complexity index is 771. The lowest BCUT2D eigenvalue weighted by molar-refractivity contribution is 0.0932. The van der Waals surface area contributed by atoms with E-state index >= 15 is 0 Å². The SMILES string of the molecule is CC1CCCCN1CCNC(=O)c1cc(C(N)=O)n(-c2ccccc2)n1. The lowest BCUT2D eigenvalue weighted by Gasteiger charge is -2.33. The van der Waals surface area contributed by atoms with Crippen molar-refractivity contribution in [3.05, 3.63) is 47.8 Å². The van der Waals surface area contributed by atoms with Crippen LogP contribution in [0.2, 0.25) is 0 Å². The molecule has 1 saturated heterocycles. The van der Waals surface area contributed by atoms with Crippen LogP contribution in [0.4, 0.5) is 0 Å². The lowest BCUT2D eigenvalue weighted by Crippen LogP contribution is -2.42. The number of nitrogens with one attached hydrogen (secondary N) is 1. The molecule has 1 aliphatic heterocycles. The normalized spacial score (nSPS) is 17.8. The van der Waals surface area contributed by atoms with Gasteiger partial charge in [0, 0.05) is 25.2 Å². The summed E-state index contributed by atoms with van der Waals surface area (Å²) in [5, 5.41) is 7.16. The van der Waals surface area contributed by atoms with Gasteiger partial charge in [-0.25, -0.2) is 4.68 Å². The zero-order valence-electron chi connectivity index (χ0n) is 15.0. The van der Waals surface area contributed by atoms with Gasteiger partial charge in [-0.3, -0.25) is 14.5 Å². The molecule has 2 heterocycles. The maximum absolute atomic E-state index is 12.4. The molecule has 7 heteroatoms. The number of aromatic nitrogens is 2. The van der Waals surface area contributed by atoms with Crippen molar-refractivity contribution in [1.82, 2.24) is 20.0 Å². The Hall–Kier alpha value is -2.67. The predicted octanol–water partition coefficient (Wildman–Crippen LogP) is 1.58. The largest absolute Gasteiger partial charge is 0.364 e. The number of hydrogen-bond acceptors (Lipinski definition) is 4. The molecule has 1 aliphatic rings. The minimum absolute atomic E-state index is 0.186. The van der Waals surface area contributed by atoms with Gasteiger partial charge in [0.2, 0.25) is 0 Å². The van der Waals surface area contributed by atoms with Crippen molar-refractivity contribution in [1.29, 1.82) is 0 Å². The van der Waals surface area contributed by atoms with E-state index in [4.69, 9.17) is 5.73 Å². The molecular weight excluding hydrogens is 330 g/mol.